The summed E-state index contributed by atoms with van der Waals surface area (Å²) < 4.78 is 16.9. The normalized spacial score (nSPS) is 10.7. The van der Waals surface area contributed by atoms with Crippen molar-refractivity contribution >= 4 is 29.4 Å². The van der Waals surface area contributed by atoms with Gasteiger partial charge in [-0.2, -0.15) is 0 Å². The summed E-state index contributed by atoms with van der Waals surface area (Å²) in [6.07, 6.45) is 3.00. The fraction of sp³-hybridized carbons (Fsp3) is 0.0588. The van der Waals surface area contributed by atoms with Gasteiger partial charge in [0.2, 0.25) is 5.56 Å². The highest BCUT2D eigenvalue weighted by molar-refractivity contribution is 5.87. The SMILES string of the molecule is Cl.Cn1cc(-n2c(-c3cccc(F)c3)nc3c(N)ncnc32)ccc1=O. The molecule has 4 rings (SSSR count). The Bertz CT molecular complexity index is 1170. The Balaban J connectivity index is 0.00000196. The summed E-state index contributed by atoms with van der Waals surface area (Å²) in [6.45, 7) is 0. The molecule has 0 unspecified atom stereocenters. The molecule has 2 N–H and O–H groups in total. The van der Waals surface area contributed by atoms with E-state index in [1.807, 2.05) is 0 Å². The van der Waals surface area contributed by atoms with E-state index in [0.29, 0.717) is 28.2 Å². The molecule has 0 spiro atoms. The first-order valence-electron chi connectivity index (χ1n) is 7.46. The van der Waals surface area contributed by atoms with Gasteiger partial charge in [0.05, 0.1) is 5.69 Å². The first kappa shape index (κ1) is 17.6. The predicted octanol–water partition coefficient (Wildman–Crippen LogP) is 2.32. The standard InChI is InChI=1S/C17H13FN6O.ClH/c1-23-8-12(5-6-13(23)25)24-16(10-3-2-4-11(18)7-10)22-14-15(19)20-9-21-17(14)24;/h2-9H,1H3,(H2,19,20,21);1H. The van der Waals surface area contributed by atoms with E-state index in [4.69, 9.17) is 5.73 Å². The number of aromatic nitrogens is 5. The van der Waals surface area contributed by atoms with Crippen molar-refractivity contribution in [2.24, 2.45) is 7.05 Å². The number of nitrogens with two attached hydrogens (primary N) is 1. The van der Waals surface area contributed by atoms with Gasteiger partial charge >= 0.3 is 0 Å². The Morgan fingerprint density at radius 3 is 2.69 bits per heavy atom. The van der Waals surface area contributed by atoms with Crippen LogP contribution in [0.15, 0.2) is 53.7 Å². The van der Waals surface area contributed by atoms with Gasteiger partial charge in [-0.25, -0.2) is 19.3 Å². The first-order chi connectivity index (χ1) is 12.0. The molecule has 9 heteroatoms. The van der Waals surface area contributed by atoms with Gasteiger partial charge < -0.3 is 10.3 Å². The molecular formula is C17H14ClFN6O. The van der Waals surface area contributed by atoms with Crippen LogP contribution >= 0.6 is 12.4 Å². The highest BCUT2D eigenvalue weighted by Gasteiger charge is 2.18. The second kappa shape index (κ2) is 6.57. The number of hydrogen-bond acceptors (Lipinski definition) is 5. The minimum Gasteiger partial charge on any atom is -0.382 e. The third kappa shape index (κ3) is 2.80. The van der Waals surface area contributed by atoms with Gasteiger partial charge in [0.15, 0.2) is 17.0 Å². The summed E-state index contributed by atoms with van der Waals surface area (Å²) in [5.74, 6) is 0.308. The summed E-state index contributed by atoms with van der Waals surface area (Å²) in [6, 6.07) is 9.18. The number of rotatable bonds is 2. The number of benzene rings is 1. The van der Waals surface area contributed by atoms with Crippen LogP contribution in [0.3, 0.4) is 0 Å². The van der Waals surface area contributed by atoms with Crippen LogP contribution in [0, 0.1) is 5.82 Å². The van der Waals surface area contributed by atoms with E-state index in [0.717, 1.165) is 0 Å². The molecule has 3 heterocycles. The van der Waals surface area contributed by atoms with E-state index in [1.54, 1.807) is 36.0 Å². The molecule has 0 saturated carbocycles. The van der Waals surface area contributed by atoms with Crippen LogP contribution in [0.1, 0.15) is 0 Å². The lowest BCUT2D eigenvalue weighted by Crippen LogP contribution is -2.15. The van der Waals surface area contributed by atoms with Gasteiger partial charge in [-0.05, 0) is 18.2 Å². The zero-order chi connectivity index (χ0) is 17.6. The maximum atomic E-state index is 13.7. The number of imidazole rings is 1. The highest BCUT2D eigenvalue weighted by Crippen LogP contribution is 2.29. The van der Waals surface area contributed by atoms with Crippen LogP contribution in [-0.2, 0) is 7.05 Å². The second-order valence-corrected chi connectivity index (χ2v) is 5.55. The first-order valence-corrected chi connectivity index (χ1v) is 7.46. The number of halogens is 2. The van der Waals surface area contributed by atoms with Gasteiger partial charge in [-0.3, -0.25) is 9.36 Å². The smallest absolute Gasteiger partial charge is 0.250 e. The molecule has 3 aromatic heterocycles. The number of hydrogen-bond donors (Lipinski definition) is 1. The fourth-order valence-electron chi connectivity index (χ4n) is 2.69. The number of nitrogen functional groups attached to an aromatic ring is 1. The minimum atomic E-state index is -0.379. The molecule has 4 aromatic rings. The number of pyridine rings is 1. The van der Waals surface area contributed by atoms with Crippen molar-refractivity contribution in [1.29, 1.82) is 0 Å². The van der Waals surface area contributed by atoms with Crippen LogP contribution in [0.2, 0.25) is 0 Å². The molecule has 0 fully saturated rings. The molecule has 0 aliphatic rings. The zero-order valence-electron chi connectivity index (χ0n) is 13.6. The van der Waals surface area contributed by atoms with E-state index < -0.39 is 0 Å². The van der Waals surface area contributed by atoms with E-state index >= 15 is 0 Å². The van der Waals surface area contributed by atoms with E-state index in [2.05, 4.69) is 15.0 Å². The molecule has 7 nitrogen and oxygen atoms in total. The maximum Gasteiger partial charge on any atom is 0.250 e. The van der Waals surface area contributed by atoms with E-state index in [1.165, 1.54) is 29.1 Å². The van der Waals surface area contributed by atoms with Crippen LogP contribution < -0.4 is 11.3 Å². The van der Waals surface area contributed by atoms with Crippen LogP contribution in [0.5, 0.6) is 0 Å². The molecule has 0 saturated heterocycles. The third-order valence-electron chi connectivity index (χ3n) is 3.88. The van der Waals surface area contributed by atoms with Gasteiger partial charge in [-0.15, -0.1) is 12.4 Å². The number of anilines is 1. The van der Waals surface area contributed by atoms with Gasteiger partial charge in [-0.1, -0.05) is 12.1 Å². The van der Waals surface area contributed by atoms with Crippen molar-refractivity contribution < 1.29 is 4.39 Å². The third-order valence-corrected chi connectivity index (χ3v) is 3.88. The van der Waals surface area contributed by atoms with E-state index in [9.17, 15) is 9.18 Å². The van der Waals surface area contributed by atoms with Crippen molar-refractivity contribution in [3.63, 3.8) is 0 Å². The summed E-state index contributed by atoms with van der Waals surface area (Å²) in [5, 5.41) is 0. The van der Waals surface area contributed by atoms with Gasteiger partial charge in [0, 0.05) is 24.9 Å². The van der Waals surface area contributed by atoms with E-state index in [-0.39, 0.29) is 29.6 Å². The lowest BCUT2D eigenvalue weighted by molar-refractivity contribution is 0.628. The second-order valence-electron chi connectivity index (χ2n) is 5.55. The van der Waals surface area contributed by atoms with Crippen molar-refractivity contribution in [1.82, 2.24) is 24.1 Å². The van der Waals surface area contributed by atoms with Crippen LogP contribution in [0.25, 0.3) is 28.2 Å². The quantitative estimate of drug-likeness (QED) is 0.583. The topological polar surface area (TPSA) is 91.6 Å². The largest absolute Gasteiger partial charge is 0.382 e. The average Bonchev–Trinajstić information content (AvgIpc) is 2.98. The van der Waals surface area contributed by atoms with Crippen LogP contribution in [0.4, 0.5) is 10.2 Å². The molecule has 0 bridgehead atoms. The molecule has 26 heavy (non-hydrogen) atoms. The number of fused-ring (bicyclic) bond motifs is 1. The molecule has 0 amide bonds. The number of nitrogens with zero attached hydrogens (tertiary/aromatic N) is 5. The summed E-state index contributed by atoms with van der Waals surface area (Å²) >= 11 is 0. The maximum absolute atomic E-state index is 13.7. The number of aryl methyl sites for hydroxylation is 1. The molecule has 0 atom stereocenters. The minimum absolute atomic E-state index is 0. The van der Waals surface area contributed by atoms with Crippen molar-refractivity contribution in [2.75, 3.05) is 5.73 Å². The summed E-state index contributed by atoms with van der Waals surface area (Å²) in [5.41, 5.74) is 7.88. The predicted molar refractivity (Wildman–Crippen MR) is 99.0 cm³/mol. The van der Waals surface area contributed by atoms with Crippen molar-refractivity contribution in [3.8, 4) is 17.1 Å². The Morgan fingerprint density at radius 1 is 1.15 bits per heavy atom. The van der Waals surface area contributed by atoms with Crippen LogP contribution in [-0.4, -0.2) is 24.1 Å². The Hall–Kier alpha value is -3.26. The monoisotopic (exact) mass is 372 g/mol. The zero-order valence-corrected chi connectivity index (χ0v) is 14.4. The lowest BCUT2D eigenvalue weighted by Gasteiger charge is -2.10. The molecule has 0 radical (unpaired) electrons. The molecule has 132 valence electrons. The molecule has 0 aliphatic carbocycles. The Labute approximate surface area is 153 Å². The summed E-state index contributed by atoms with van der Waals surface area (Å²) in [4.78, 5) is 24.4. The fourth-order valence-corrected chi connectivity index (χ4v) is 2.69. The van der Waals surface area contributed by atoms with Gasteiger partial charge in [0.25, 0.3) is 0 Å². The molecule has 1 aromatic carbocycles. The van der Waals surface area contributed by atoms with Crippen molar-refractivity contribution in [2.45, 2.75) is 0 Å². The average molecular weight is 373 g/mol. The van der Waals surface area contributed by atoms with Crippen molar-refractivity contribution in [3.05, 3.63) is 65.1 Å². The summed E-state index contributed by atoms with van der Waals surface area (Å²) in [7, 11) is 1.65. The highest BCUT2D eigenvalue weighted by atomic mass is 35.5. The lowest BCUT2D eigenvalue weighted by atomic mass is 10.2. The van der Waals surface area contributed by atoms with Gasteiger partial charge in [0.1, 0.15) is 18.0 Å². The molecular weight excluding hydrogens is 359 g/mol. The Morgan fingerprint density at radius 2 is 1.96 bits per heavy atom. The molecule has 0 aliphatic heterocycles. The Kier molecular flexibility index (Phi) is 4.43.